The molecule has 1 saturated heterocycles. The maximum absolute atomic E-state index is 12.2. The van der Waals surface area contributed by atoms with Crippen LogP contribution in [0.1, 0.15) is 6.42 Å². The van der Waals surface area contributed by atoms with Gasteiger partial charge in [-0.25, -0.2) is 13.1 Å². The van der Waals surface area contributed by atoms with Crippen molar-refractivity contribution >= 4 is 33.2 Å². The lowest BCUT2D eigenvalue weighted by Gasteiger charge is -2.32. The van der Waals surface area contributed by atoms with Gasteiger partial charge in [-0.1, -0.05) is 29.3 Å². The maximum Gasteiger partial charge on any atom is 0.242 e. The molecule has 1 aromatic rings. The zero-order chi connectivity index (χ0) is 16.2. The van der Waals surface area contributed by atoms with Crippen LogP contribution in [0.25, 0.3) is 0 Å². The Bertz CT molecular complexity index is 602. The van der Waals surface area contributed by atoms with Crippen LogP contribution in [0.4, 0.5) is 0 Å². The molecule has 5 nitrogen and oxygen atoms in total. The fraction of sp³-hybridized carbons (Fsp3) is 0.571. The summed E-state index contributed by atoms with van der Waals surface area (Å²) < 4.78 is 27.0. The SMILES string of the molecule is CN1CCN(CCCNS(=O)(=O)c2cccc(Cl)c2Cl)CC1. The molecule has 0 unspecified atom stereocenters. The third-order valence-electron chi connectivity index (χ3n) is 3.74. The van der Waals surface area contributed by atoms with Crippen molar-refractivity contribution in [1.29, 1.82) is 0 Å². The number of hydrogen-bond acceptors (Lipinski definition) is 4. The van der Waals surface area contributed by atoms with Crippen LogP contribution in [-0.2, 0) is 10.0 Å². The largest absolute Gasteiger partial charge is 0.304 e. The highest BCUT2D eigenvalue weighted by Crippen LogP contribution is 2.28. The van der Waals surface area contributed by atoms with Crippen LogP contribution in [0.15, 0.2) is 23.1 Å². The number of hydrogen-bond donors (Lipinski definition) is 1. The summed E-state index contributed by atoms with van der Waals surface area (Å²) in [5.41, 5.74) is 0. The molecule has 8 heteroatoms. The Morgan fingerprint density at radius 2 is 1.86 bits per heavy atom. The van der Waals surface area contributed by atoms with Gasteiger partial charge in [0, 0.05) is 32.7 Å². The molecule has 1 aliphatic rings. The first-order valence-electron chi connectivity index (χ1n) is 7.25. The standard InChI is InChI=1S/C14H21Cl2N3O2S/c1-18-8-10-19(11-9-18)7-3-6-17-22(20,21)13-5-2-4-12(15)14(13)16/h2,4-5,17H,3,6-11H2,1H3. The summed E-state index contributed by atoms with van der Waals surface area (Å²) >= 11 is 11.8. The van der Waals surface area contributed by atoms with Crippen molar-refractivity contribution in [3.8, 4) is 0 Å². The van der Waals surface area contributed by atoms with Crippen LogP contribution in [0.5, 0.6) is 0 Å². The van der Waals surface area contributed by atoms with Crippen LogP contribution >= 0.6 is 23.2 Å². The fourth-order valence-corrected chi connectivity index (χ4v) is 4.18. The average Bonchev–Trinajstić information content (AvgIpc) is 2.48. The van der Waals surface area contributed by atoms with E-state index in [0.29, 0.717) is 6.54 Å². The molecule has 124 valence electrons. The number of nitrogens with one attached hydrogen (secondary N) is 1. The molecule has 0 aliphatic carbocycles. The Labute approximate surface area is 142 Å². The van der Waals surface area contributed by atoms with Gasteiger partial charge in [-0.05, 0) is 32.1 Å². The maximum atomic E-state index is 12.2. The number of sulfonamides is 1. The Hall–Kier alpha value is -0.370. The highest BCUT2D eigenvalue weighted by molar-refractivity contribution is 7.89. The molecule has 2 rings (SSSR count). The third-order valence-corrected chi connectivity index (χ3v) is 6.18. The van der Waals surface area contributed by atoms with E-state index in [9.17, 15) is 8.42 Å². The number of likely N-dealkylation sites (N-methyl/N-ethyl adjacent to an activating group) is 1. The Kier molecular flexibility index (Phi) is 6.49. The summed E-state index contributed by atoms with van der Waals surface area (Å²) in [5, 5.41) is 0.303. The van der Waals surface area contributed by atoms with Gasteiger partial charge < -0.3 is 9.80 Å². The van der Waals surface area contributed by atoms with Gasteiger partial charge in [0.05, 0.1) is 10.0 Å². The zero-order valence-electron chi connectivity index (χ0n) is 12.6. The summed E-state index contributed by atoms with van der Waals surface area (Å²) in [6.07, 6.45) is 0.765. The lowest BCUT2D eigenvalue weighted by atomic mass is 10.3. The van der Waals surface area contributed by atoms with Gasteiger partial charge in [0.2, 0.25) is 10.0 Å². The minimum atomic E-state index is -3.62. The van der Waals surface area contributed by atoms with Crippen LogP contribution < -0.4 is 4.72 Å². The van der Waals surface area contributed by atoms with Crippen LogP contribution in [-0.4, -0.2) is 64.5 Å². The van der Waals surface area contributed by atoms with Crippen LogP contribution in [0.3, 0.4) is 0 Å². The normalized spacial score (nSPS) is 17.8. The van der Waals surface area contributed by atoms with Crippen LogP contribution in [0, 0.1) is 0 Å². The van der Waals surface area contributed by atoms with E-state index >= 15 is 0 Å². The van der Waals surface area contributed by atoms with Gasteiger partial charge in [0.25, 0.3) is 0 Å². The second kappa shape index (κ2) is 7.95. The van der Waals surface area contributed by atoms with Gasteiger partial charge in [0.15, 0.2) is 0 Å². The lowest BCUT2D eigenvalue weighted by Crippen LogP contribution is -2.45. The topological polar surface area (TPSA) is 52.6 Å². The molecule has 0 amide bonds. The molecule has 0 bridgehead atoms. The van der Waals surface area contributed by atoms with Gasteiger partial charge >= 0.3 is 0 Å². The first kappa shape index (κ1) is 18.0. The van der Waals surface area contributed by atoms with Gasteiger partial charge in [-0.2, -0.15) is 0 Å². The third kappa shape index (κ3) is 4.81. The molecule has 1 fully saturated rings. The molecule has 1 aromatic carbocycles. The van der Waals surface area contributed by atoms with E-state index in [0.717, 1.165) is 39.1 Å². The fourth-order valence-electron chi connectivity index (χ4n) is 2.35. The van der Waals surface area contributed by atoms with Crippen LogP contribution in [0.2, 0.25) is 10.0 Å². The molecule has 22 heavy (non-hydrogen) atoms. The predicted molar refractivity (Wildman–Crippen MR) is 90.2 cm³/mol. The summed E-state index contributed by atoms with van der Waals surface area (Å²) in [4.78, 5) is 4.67. The molecule has 0 radical (unpaired) electrons. The Balaban J connectivity index is 1.82. The Morgan fingerprint density at radius 3 is 2.55 bits per heavy atom. The Morgan fingerprint density at radius 1 is 1.18 bits per heavy atom. The second-order valence-electron chi connectivity index (χ2n) is 5.45. The number of piperazine rings is 1. The number of halogens is 2. The van der Waals surface area contributed by atoms with Gasteiger partial charge in [-0.3, -0.25) is 0 Å². The van der Waals surface area contributed by atoms with E-state index in [1.165, 1.54) is 6.07 Å². The smallest absolute Gasteiger partial charge is 0.242 e. The monoisotopic (exact) mass is 365 g/mol. The minimum absolute atomic E-state index is 0.0289. The van der Waals surface area contributed by atoms with E-state index in [-0.39, 0.29) is 14.9 Å². The summed E-state index contributed by atoms with van der Waals surface area (Å²) in [6, 6.07) is 4.60. The van der Waals surface area contributed by atoms with Gasteiger partial charge in [-0.15, -0.1) is 0 Å². The summed E-state index contributed by atoms with van der Waals surface area (Å²) in [5.74, 6) is 0. The summed E-state index contributed by atoms with van der Waals surface area (Å²) in [7, 11) is -1.51. The average molecular weight is 366 g/mol. The molecular weight excluding hydrogens is 345 g/mol. The highest BCUT2D eigenvalue weighted by atomic mass is 35.5. The molecule has 0 spiro atoms. The first-order valence-corrected chi connectivity index (χ1v) is 9.48. The molecular formula is C14H21Cl2N3O2S. The zero-order valence-corrected chi connectivity index (χ0v) is 14.9. The number of nitrogens with zero attached hydrogens (tertiary/aromatic N) is 2. The number of benzene rings is 1. The van der Waals surface area contributed by atoms with Gasteiger partial charge in [0.1, 0.15) is 4.90 Å². The van der Waals surface area contributed by atoms with E-state index < -0.39 is 10.0 Å². The summed E-state index contributed by atoms with van der Waals surface area (Å²) in [6.45, 7) is 5.46. The number of rotatable bonds is 6. The predicted octanol–water partition coefficient (Wildman–Crippen LogP) is 1.91. The lowest BCUT2D eigenvalue weighted by molar-refractivity contribution is 0.153. The molecule has 1 N–H and O–H groups in total. The van der Waals surface area contributed by atoms with E-state index in [2.05, 4.69) is 21.6 Å². The second-order valence-corrected chi connectivity index (χ2v) is 7.97. The van der Waals surface area contributed by atoms with Crippen molar-refractivity contribution in [2.45, 2.75) is 11.3 Å². The molecule has 0 atom stereocenters. The highest BCUT2D eigenvalue weighted by Gasteiger charge is 2.19. The van der Waals surface area contributed by atoms with Crippen molar-refractivity contribution in [2.24, 2.45) is 0 Å². The molecule has 1 aliphatic heterocycles. The van der Waals surface area contributed by atoms with Crippen molar-refractivity contribution in [2.75, 3.05) is 46.3 Å². The van der Waals surface area contributed by atoms with E-state index in [4.69, 9.17) is 23.2 Å². The van der Waals surface area contributed by atoms with Crippen molar-refractivity contribution in [3.63, 3.8) is 0 Å². The van der Waals surface area contributed by atoms with Crippen molar-refractivity contribution in [3.05, 3.63) is 28.2 Å². The van der Waals surface area contributed by atoms with E-state index in [1.54, 1.807) is 12.1 Å². The quantitative estimate of drug-likeness (QED) is 0.782. The molecule has 1 heterocycles. The van der Waals surface area contributed by atoms with Crippen molar-refractivity contribution in [1.82, 2.24) is 14.5 Å². The minimum Gasteiger partial charge on any atom is -0.304 e. The molecule has 0 saturated carbocycles. The first-order chi connectivity index (χ1) is 10.4. The van der Waals surface area contributed by atoms with E-state index in [1.807, 2.05) is 0 Å². The van der Waals surface area contributed by atoms with Crippen molar-refractivity contribution < 1.29 is 8.42 Å². The molecule has 0 aromatic heterocycles.